The minimum atomic E-state index is -0.349. The molecule has 6 heteroatoms. The molecular weight excluding hydrogens is 340 g/mol. The van der Waals surface area contributed by atoms with Crippen LogP contribution in [0.4, 0.5) is 5.69 Å². The van der Waals surface area contributed by atoms with E-state index in [9.17, 15) is 9.59 Å². The molecule has 1 N–H and O–H groups in total. The fourth-order valence-electron chi connectivity index (χ4n) is 2.74. The molecule has 2 amide bonds. The Morgan fingerprint density at radius 3 is 2.40 bits per heavy atom. The Kier molecular flexibility index (Phi) is 4.76. The Balaban J connectivity index is 2.05. The van der Waals surface area contributed by atoms with Gasteiger partial charge in [-0.1, -0.05) is 41.9 Å². The van der Waals surface area contributed by atoms with Crippen molar-refractivity contribution in [3.05, 3.63) is 64.8 Å². The summed E-state index contributed by atoms with van der Waals surface area (Å²) in [4.78, 5) is 26.6. The molecule has 1 heterocycles. The Labute approximate surface area is 150 Å². The molecule has 0 radical (unpaired) electrons. The predicted octanol–water partition coefficient (Wildman–Crippen LogP) is 3.56. The molecule has 0 spiro atoms. The largest absolute Gasteiger partial charge is 0.495 e. The van der Waals surface area contributed by atoms with E-state index in [2.05, 4.69) is 5.32 Å². The fraction of sp³-hybridized carbons (Fsp3) is 0.158. The van der Waals surface area contributed by atoms with E-state index in [4.69, 9.17) is 16.3 Å². The molecule has 128 valence electrons. The first-order chi connectivity index (χ1) is 12.1. The number of hydrogen-bond acceptors (Lipinski definition) is 4. The average Bonchev–Trinajstić information content (AvgIpc) is 2.85. The molecule has 3 rings (SSSR count). The van der Waals surface area contributed by atoms with Crippen molar-refractivity contribution in [2.24, 2.45) is 0 Å². The van der Waals surface area contributed by atoms with E-state index in [1.807, 2.05) is 30.3 Å². The SMILES string of the molecule is CCN1C(=O)C(Nc2ccc(OC)c(Cl)c2)=C(c2ccccc2)C1=O. The molecule has 5 nitrogen and oxygen atoms in total. The number of carbonyl (C=O) groups is 2. The van der Waals surface area contributed by atoms with Crippen molar-refractivity contribution in [1.82, 2.24) is 4.90 Å². The number of halogens is 1. The third kappa shape index (κ3) is 3.10. The first-order valence-electron chi connectivity index (χ1n) is 7.83. The lowest BCUT2D eigenvalue weighted by molar-refractivity contribution is -0.136. The summed E-state index contributed by atoms with van der Waals surface area (Å²) >= 11 is 6.15. The Hall–Kier alpha value is -2.79. The van der Waals surface area contributed by atoms with Gasteiger partial charge in [-0.2, -0.15) is 0 Å². The quantitative estimate of drug-likeness (QED) is 0.832. The van der Waals surface area contributed by atoms with Gasteiger partial charge in [0.15, 0.2) is 0 Å². The molecule has 0 atom stereocenters. The average molecular weight is 357 g/mol. The highest BCUT2D eigenvalue weighted by Gasteiger charge is 2.38. The van der Waals surface area contributed by atoms with Gasteiger partial charge < -0.3 is 10.1 Å². The number of nitrogens with zero attached hydrogens (tertiary/aromatic N) is 1. The van der Waals surface area contributed by atoms with Crippen LogP contribution in [0.3, 0.4) is 0 Å². The van der Waals surface area contributed by atoms with E-state index in [1.54, 1.807) is 25.1 Å². The minimum absolute atomic E-state index is 0.249. The molecule has 0 fully saturated rings. The smallest absolute Gasteiger partial charge is 0.278 e. The topological polar surface area (TPSA) is 58.6 Å². The van der Waals surface area contributed by atoms with E-state index in [-0.39, 0.29) is 17.5 Å². The normalized spacial score (nSPS) is 14.3. The highest BCUT2D eigenvalue weighted by atomic mass is 35.5. The van der Waals surface area contributed by atoms with Crippen molar-refractivity contribution in [1.29, 1.82) is 0 Å². The molecule has 0 saturated heterocycles. The van der Waals surface area contributed by atoms with Crippen LogP contribution in [0.15, 0.2) is 54.2 Å². The Morgan fingerprint density at radius 1 is 1.08 bits per heavy atom. The van der Waals surface area contributed by atoms with Gasteiger partial charge in [0.1, 0.15) is 11.4 Å². The standard InChI is InChI=1S/C19H17ClN2O3/c1-3-22-18(23)16(12-7-5-4-6-8-12)17(19(22)24)21-13-9-10-15(25-2)14(20)11-13/h4-11,21H,3H2,1-2H3. The van der Waals surface area contributed by atoms with Crippen LogP contribution in [-0.4, -0.2) is 30.4 Å². The first kappa shape index (κ1) is 17.0. The number of ether oxygens (including phenoxy) is 1. The Morgan fingerprint density at radius 2 is 1.80 bits per heavy atom. The van der Waals surface area contributed by atoms with E-state index in [0.29, 0.717) is 34.1 Å². The van der Waals surface area contributed by atoms with Gasteiger partial charge in [-0.05, 0) is 30.7 Å². The van der Waals surface area contributed by atoms with Gasteiger partial charge in [0, 0.05) is 12.2 Å². The van der Waals surface area contributed by atoms with Gasteiger partial charge in [0.25, 0.3) is 11.8 Å². The van der Waals surface area contributed by atoms with Gasteiger partial charge in [-0.15, -0.1) is 0 Å². The zero-order valence-electron chi connectivity index (χ0n) is 13.9. The zero-order chi connectivity index (χ0) is 18.0. The number of methoxy groups -OCH3 is 1. The molecule has 0 saturated carbocycles. The number of hydrogen-bond donors (Lipinski definition) is 1. The lowest BCUT2D eigenvalue weighted by Crippen LogP contribution is -2.32. The summed E-state index contributed by atoms with van der Waals surface area (Å²) in [6.07, 6.45) is 0. The predicted molar refractivity (Wildman–Crippen MR) is 97.4 cm³/mol. The number of benzene rings is 2. The van der Waals surface area contributed by atoms with Crippen LogP contribution in [0.25, 0.3) is 5.57 Å². The second kappa shape index (κ2) is 6.99. The summed E-state index contributed by atoms with van der Waals surface area (Å²) < 4.78 is 5.13. The molecule has 0 aliphatic carbocycles. The van der Waals surface area contributed by atoms with Crippen LogP contribution in [0.1, 0.15) is 12.5 Å². The molecule has 25 heavy (non-hydrogen) atoms. The van der Waals surface area contributed by atoms with Gasteiger partial charge in [-0.25, -0.2) is 0 Å². The van der Waals surface area contributed by atoms with Gasteiger partial charge in [-0.3, -0.25) is 14.5 Å². The fourth-order valence-corrected chi connectivity index (χ4v) is 3.00. The van der Waals surface area contributed by atoms with Gasteiger partial charge >= 0.3 is 0 Å². The first-order valence-corrected chi connectivity index (χ1v) is 8.21. The summed E-state index contributed by atoms with van der Waals surface area (Å²) in [5.41, 5.74) is 1.91. The maximum absolute atomic E-state index is 12.7. The zero-order valence-corrected chi connectivity index (χ0v) is 14.6. The van der Waals surface area contributed by atoms with Gasteiger partial charge in [0.2, 0.25) is 0 Å². The second-order valence-electron chi connectivity index (χ2n) is 5.44. The van der Waals surface area contributed by atoms with Crippen molar-refractivity contribution < 1.29 is 14.3 Å². The molecule has 1 aliphatic rings. The molecule has 0 unspecified atom stereocenters. The Bertz CT molecular complexity index is 862. The van der Waals surface area contributed by atoms with Crippen molar-refractivity contribution in [3.8, 4) is 5.75 Å². The molecule has 0 bridgehead atoms. The lowest BCUT2D eigenvalue weighted by Gasteiger charge is -2.12. The third-order valence-electron chi connectivity index (χ3n) is 3.97. The number of likely N-dealkylation sites (N-methyl/N-ethyl adjacent to an activating group) is 1. The molecule has 2 aromatic rings. The second-order valence-corrected chi connectivity index (χ2v) is 5.85. The summed E-state index contributed by atoms with van der Waals surface area (Å²) in [7, 11) is 1.53. The van der Waals surface area contributed by atoms with Crippen molar-refractivity contribution in [3.63, 3.8) is 0 Å². The van der Waals surface area contributed by atoms with Crippen LogP contribution in [0.2, 0.25) is 5.02 Å². The minimum Gasteiger partial charge on any atom is -0.495 e. The van der Waals surface area contributed by atoms with Crippen LogP contribution in [0.5, 0.6) is 5.75 Å². The van der Waals surface area contributed by atoms with Crippen LogP contribution in [-0.2, 0) is 9.59 Å². The van der Waals surface area contributed by atoms with Crippen molar-refractivity contribution >= 4 is 34.7 Å². The van der Waals surface area contributed by atoms with Crippen LogP contribution < -0.4 is 10.1 Å². The summed E-state index contributed by atoms with van der Waals surface area (Å²) in [5.74, 6) is -0.118. The number of anilines is 1. The highest BCUT2D eigenvalue weighted by Crippen LogP contribution is 2.32. The highest BCUT2D eigenvalue weighted by molar-refractivity contribution is 6.36. The molecular formula is C19H17ClN2O3. The van der Waals surface area contributed by atoms with E-state index in [0.717, 1.165) is 0 Å². The molecule has 0 aromatic heterocycles. The number of nitrogens with one attached hydrogen (secondary N) is 1. The van der Waals surface area contributed by atoms with Gasteiger partial charge in [0.05, 0.1) is 17.7 Å². The summed E-state index contributed by atoms with van der Waals surface area (Å²) in [6, 6.07) is 14.2. The molecule has 2 aromatic carbocycles. The number of amides is 2. The number of carbonyl (C=O) groups excluding carboxylic acids is 2. The summed E-state index contributed by atoms with van der Waals surface area (Å²) in [5, 5.41) is 3.47. The summed E-state index contributed by atoms with van der Waals surface area (Å²) in [6.45, 7) is 2.08. The van der Waals surface area contributed by atoms with E-state index in [1.165, 1.54) is 12.0 Å². The number of imide groups is 1. The van der Waals surface area contributed by atoms with E-state index < -0.39 is 0 Å². The molecule has 1 aliphatic heterocycles. The monoisotopic (exact) mass is 356 g/mol. The van der Waals surface area contributed by atoms with Crippen LogP contribution in [0, 0.1) is 0 Å². The van der Waals surface area contributed by atoms with Crippen molar-refractivity contribution in [2.45, 2.75) is 6.92 Å². The maximum atomic E-state index is 12.7. The van der Waals surface area contributed by atoms with Crippen LogP contribution >= 0.6 is 11.6 Å². The third-order valence-corrected chi connectivity index (χ3v) is 4.26. The van der Waals surface area contributed by atoms with E-state index >= 15 is 0 Å². The maximum Gasteiger partial charge on any atom is 0.278 e. The van der Waals surface area contributed by atoms with Crippen molar-refractivity contribution in [2.75, 3.05) is 19.0 Å². The lowest BCUT2D eigenvalue weighted by atomic mass is 10.0. The number of rotatable bonds is 5.